The van der Waals surface area contributed by atoms with Crippen LogP contribution < -0.4 is 0 Å². The molecule has 0 fully saturated rings. The first-order chi connectivity index (χ1) is 9.20. The summed E-state index contributed by atoms with van der Waals surface area (Å²) >= 11 is 0. The fourth-order valence-electron chi connectivity index (χ4n) is 2.17. The zero-order valence-electron chi connectivity index (χ0n) is 11.7. The van der Waals surface area contributed by atoms with Gasteiger partial charge in [0.1, 0.15) is 5.75 Å². The topological polar surface area (TPSA) is 33.1 Å². The number of rotatable bonds is 5. The van der Waals surface area contributed by atoms with Crippen LogP contribution in [0, 0.1) is 6.92 Å². The van der Waals surface area contributed by atoms with Gasteiger partial charge in [0.25, 0.3) is 0 Å². The largest absolute Gasteiger partial charge is 0.507 e. The molecule has 0 aliphatic carbocycles. The number of phenolic OH excluding ortho intramolecular Hbond substituents is 1. The van der Waals surface area contributed by atoms with Crippen LogP contribution in [0.2, 0.25) is 0 Å². The maximum absolute atomic E-state index is 9.95. The molecule has 0 radical (unpaired) electrons. The highest BCUT2D eigenvalue weighted by Crippen LogP contribution is 2.28. The van der Waals surface area contributed by atoms with Crippen LogP contribution in [-0.4, -0.2) is 10.1 Å². The smallest absolute Gasteiger partial charge is 0.125 e. The number of phenols is 1. The Morgan fingerprint density at radius 3 is 2.58 bits per heavy atom. The Morgan fingerprint density at radius 1 is 1.11 bits per heavy atom. The Hall–Kier alpha value is -1.83. The molecule has 0 unspecified atom stereocenters. The predicted octanol–water partition coefficient (Wildman–Crippen LogP) is 4.50. The Kier molecular flexibility index (Phi) is 4.56. The van der Waals surface area contributed by atoms with Gasteiger partial charge in [0, 0.05) is 11.8 Å². The first kappa shape index (κ1) is 13.6. The summed E-state index contributed by atoms with van der Waals surface area (Å²) in [6.45, 7) is 4.18. The predicted molar refractivity (Wildman–Crippen MR) is 79.3 cm³/mol. The molecule has 2 rings (SSSR count). The second kappa shape index (κ2) is 6.37. The van der Waals surface area contributed by atoms with E-state index in [1.54, 1.807) is 6.07 Å². The van der Waals surface area contributed by atoms with Gasteiger partial charge in [-0.3, -0.25) is 4.98 Å². The fourth-order valence-corrected chi connectivity index (χ4v) is 2.17. The molecule has 0 saturated carbocycles. The number of unbranched alkanes of at least 4 members (excludes halogenated alkanes) is 2. The van der Waals surface area contributed by atoms with E-state index in [4.69, 9.17) is 0 Å². The lowest BCUT2D eigenvalue weighted by Crippen LogP contribution is -1.90. The van der Waals surface area contributed by atoms with Gasteiger partial charge in [-0.2, -0.15) is 0 Å². The van der Waals surface area contributed by atoms with E-state index in [1.165, 1.54) is 24.8 Å². The van der Waals surface area contributed by atoms with Gasteiger partial charge in [-0.25, -0.2) is 0 Å². The van der Waals surface area contributed by atoms with Crippen molar-refractivity contribution >= 4 is 0 Å². The van der Waals surface area contributed by atoms with Crippen LogP contribution in [0.3, 0.4) is 0 Å². The van der Waals surface area contributed by atoms with Gasteiger partial charge in [0.2, 0.25) is 0 Å². The van der Waals surface area contributed by atoms with Crippen molar-refractivity contribution in [2.45, 2.75) is 39.5 Å². The van der Waals surface area contributed by atoms with Crippen molar-refractivity contribution in [3.8, 4) is 17.0 Å². The summed E-state index contributed by atoms with van der Waals surface area (Å²) < 4.78 is 0. The first-order valence-electron chi connectivity index (χ1n) is 6.95. The number of aryl methyl sites for hydroxylation is 2. The molecule has 100 valence electrons. The molecule has 0 aliphatic heterocycles. The molecule has 2 nitrogen and oxygen atoms in total. The average Bonchev–Trinajstić information content (AvgIpc) is 2.40. The molecule has 0 aliphatic rings. The van der Waals surface area contributed by atoms with Crippen LogP contribution in [0.25, 0.3) is 11.3 Å². The van der Waals surface area contributed by atoms with Gasteiger partial charge in [0.15, 0.2) is 0 Å². The fraction of sp³-hybridized carbons (Fsp3) is 0.353. The quantitative estimate of drug-likeness (QED) is 0.798. The highest BCUT2D eigenvalue weighted by molar-refractivity contribution is 5.67. The second-order valence-corrected chi connectivity index (χ2v) is 5.03. The highest BCUT2D eigenvalue weighted by atomic mass is 16.3. The normalized spacial score (nSPS) is 10.6. The molecule has 2 aromatic rings. The van der Waals surface area contributed by atoms with E-state index in [1.807, 2.05) is 31.3 Å². The SMILES string of the molecule is CCCCCc1ccc(-c2ccc(C)cc2O)nc1. The van der Waals surface area contributed by atoms with Crippen LogP contribution in [0.5, 0.6) is 5.75 Å². The Balaban J connectivity index is 2.13. The molecule has 19 heavy (non-hydrogen) atoms. The van der Waals surface area contributed by atoms with E-state index in [9.17, 15) is 5.11 Å². The van der Waals surface area contributed by atoms with Gasteiger partial charge in [0.05, 0.1) is 5.69 Å². The molecular weight excluding hydrogens is 234 g/mol. The zero-order valence-corrected chi connectivity index (χ0v) is 11.7. The van der Waals surface area contributed by atoms with Gasteiger partial charge >= 0.3 is 0 Å². The van der Waals surface area contributed by atoms with Gasteiger partial charge < -0.3 is 5.11 Å². The molecule has 0 saturated heterocycles. The third kappa shape index (κ3) is 3.57. The molecule has 1 aromatic carbocycles. The third-order valence-corrected chi connectivity index (χ3v) is 3.32. The van der Waals surface area contributed by atoms with Crippen LogP contribution >= 0.6 is 0 Å². The van der Waals surface area contributed by atoms with Gasteiger partial charge in [-0.05, 0) is 49.1 Å². The molecule has 0 bridgehead atoms. The van der Waals surface area contributed by atoms with E-state index in [2.05, 4.69) is 18.0 Å². The Morgan fingerprint density at radius 2 is 1.95 bits per heavy atom. The van der Waals surface area contributed by atoms with E-state index in [0.717, 1.165) is 23.2 Å². The van der Waals surface area contributed by atoms with Gasteiger partial charge in [-0.15, -0.1) is 0 Å². The number of aromatic nitrogens is 1. The summed E-state index contributed by atoms with van der Waals surface area (Å²) in [5, 5.41) is 9.95. The monoisotopic (exact) mass is 255 g/mol. The lowest BCUT2D eigenvalue weighted by atomic mass is 10.1. The van der Waals surface area contributed by atoms with Crippen molar-refractivity contribution in [2.75, 3.05) is 0 Å². The van der Waals surface area contributed by atoms with Crippen molar-refractivity contribution in [3.63, 3.8) is 0 Å². The first-order valence-corrected chi connectivity index (χ1v) is 6.95. The number of hydrogen-bond acceptors (Lipinski definition) is 2. The zero-order chi connectivity index (χ0) is 13.7. The number of benzene rings is 1. The molecule has 1 heterocycles. The number of aromatic hydroxyl groups is 1. The minimum absolute atomic E-state index is 0.297. The number of pyridine rings is 1. The van der Waals surface area contributed by atoms with E-state index in [0.29, 0.717) is 5.75 Å². The summed E-state index contributed by atoms with van der Waals surface area (Å²) in [4.78, 5) is 4.46. The van der Waals surface area contributed by atoms with E-state index < -0.39 is 0 Å². The Bertz CT molecular complexity index is 531. The maximum Gasteiger partial charge on any atom is 0.125 e. The minimum atomic E-state index is 0.297. The summed E-state index contributed by atoms with van der Waals surface area (Å²) in [6.07, 6.45) is 6.72. The minimum Gasteiger partial charge on any atom is -0.507 e. The average molecular weight is 255 g/mol. The van der Waals surface area contributed by atoms with Crippen molar-refractivity contribution in [1.29, 1.82) is 0 Å². The van der Waals surface area contributed by atoms with E-state index in [-0.39, 0.29) is 0 Å². The highest BCUT2D eigenvalue weighted by Gasteiger charge is 2.05. The second-order valence-electron chi connectivity index (χ2n) is 5.03. The lowest BCUT2D eigenvalue weighted by molar-refractivity contribution is 0.476. The number of nitrogens with zero attached hydrogens (tertiary/aromatic N) is 1. The maximum atomic E-state index is 9.95. The molecular formula is C17H21NO. The van der Waals surface area contributed by atoms with Crippen LogP contribution in [0.15, 0.2) is 36.5 Å². The van der Waals surface area contributed by atoms with Crippen molar-refractivity contribution in [2.24, 2.45) is 0 Å². The summed E-state index contributed by atoms with van der Waals surface area (Å²) in [7, 11) is 0. The molecule has 0 spiro atoms. The van der Waals surface area contributed by atoms with Crippen LogP contribution in [-0.2, 0) is 6.42 Å². The summed E-state index contributed by atoms with van der Waals surface area (Å²) in [5.41, 5.74) is 3.95. The Labute approximate surface area is 115 Å². The van der Waals surface area contributed by atoms with Crippen LogP contribution in [0.4, 0.5) is 0 Å². The van der Waals surface area contributed by atoms with Crippen molar-refractivity contribution in [3.05, 3.63) is 47.7 Å². The summed E-state index contributed by atoms with van der Waals surface area (Å²) in [5.74, 6) is 0.297. The molecule has 1 N–H and O–H groups in total. The molecule has 1 aromatic heterocycles. The van der Waals surface area contributed by atoms with E-state index >= 15 is 0 Å². The third-order valence-electron chi connectivity index (χ3n) is 3.32. The molecule has 0 atom stereocenters. The molecule has 2 heteroatoms. The van der Waals surface area contributed by atoms with Crippen molar-refractivity contribution in [1.82, 2.24) is 4.98 Å². The van der Waals surface area contributed by atoms with Crippen molar-refractivity contribution < 1.29 is 5.11 Å². The molecule has 0 amide bonds. The van der Waals surface area contributed by atoms with Gasteiger partial charge in [-0.1, -0.05) is 31.9 Å². The number of hydrogen-bond donors (Lipinski definition) is 1. The standard InChI is InChI=1S/C17H21NO/c1-3-4-5-6-14-8-10-16(18-12-14)15-9-7-13(2)11-17(15)19/h7-12,19H,3-6H2,1-2H3. The summed E-state index contributed by atoms with van der Waals surface area (Å²) in [6, 6.07) is 9.78. The lowest BCUT2D eigenvalue weighted by Gasteiger charge is -2.06. The van der Waals surface area contributed by atoms with Crippen LogP contribution in [0.1, 0.15) is 37.3 Å².